The van der Waals surface area contributed by atoms with Crippen molar-refractivity contribution in [3.8, 4) is 5.75 Å². The molecule has 1 saturated carbocycles. The van der Waals surface area contributed by atoms with Crippen molar-refractivity contribution in [3.63, 3.8) is 0 Å². The van der Waals surface area contributed by atoms with Gasteiger partial charge in [0.1, 0.15) is 5.82 Å². The van der Waals surface area contributed by atoms with E-state index in [0.717, 1.165) is 20.6 Å². The monoisotopic (exact) mass is 728 g/mol. The summed E-state index contributed by atoms with van der Waals surface area (Å²) in [5.41, 5.74) is -0.256. The number of hydrogen-bond donors (Lipinski definition) is 1. The number of imide groups is 2. The van der Waals surface area contributed by atoms with Gasteiger partial charge in [-0.3, -0.25) is 24.1 Å². The average Bonchev–Trinajstić information content (AvgIpc) is 3.36. The number of phenols is 1. The fraction of sp³-hybridized carbons (Fsp3) is 0.273. The number of allylic oxidation sites excluding steroid dienone is 2. The van der Waals surface area contributed by atoms with Gasteiger partial charge in [0.15, 0.2) is 11.6 Å². The first-order chi connectivity index (χ1) is 20.9. The van der Waals surface area contributed by atoms with Gasteiger partial charge in [0.05, 0.1) is 39.6 Å². The van der Waals surface area contributed by atoms with E-state index >= 15 is 0 Å². The van der Waals surface area contributed by atoms with E-state index in [2.05, 4.69) is 22.6 Å². The number of phenolic OH excluding ortho intramolecular Hbond substituents is 1. The SMILES string of the molecule is CC12C(=O)N(c3ccc(F)c(Cl)c3)C(=O)C1CC1C(=CCC3C(=O)N(c4ccc(I)cc4)C(=O)C31)C2c1cccc(F)c1O. The Morgan fingerprint density at radius 2 is 1.59 bits per heavy atom. The van der Waals surface area contributed by atoms with E-state index in [-0.39, 0.29) is 35.0 Å². The quantitative estimate of drug-likeness (QED) is 0.193. The number of nitrogens with zero attached hydrogens (tertiary/aromatic N) is 2. The first-order valence-electron chi connectivity index (χ1n) is 14.1. The lowest BCUT2D eigenvalue weighted by molar-refractivity contribution is -0.131. The zero-order valence-corrected chi connectivity index (χ0v) is 26.1. The molecule has 2 aliphatic heterocycles. The molecule has 224 valence electrons. The van der Waals surface area contributed by atoms with Crippen LogP contribution in [0.2, 0.25) is 5.02 Å². The minimum absolute atomic E-state index is 0.0750. The van der Waals surface area contributed by atoms with Crippen LogP contribution >= 0.6 is 34.2 Å². The first kappa shape index (κ1) is 29.1. The molecule has 2 heterocycles. The van der Waals surface area contributed by atoms with Crippen LogP contribution in [0.1, 0.15) is 31.2 Å². The number of carbonyl (C=O) groups excluding carboxylic acids is 4. The molecular formula is C33H24ClF2IN2O5. The Hall–Kier alpha value is -3.64. The Morgan fingerprint density at radius 1 is 0.886 bits per heavy atom. The first-order valence-corrected chi connectivity index (χ1v) is 15.5. The van der Waals surface area contributed by atoms with Gasteiger partial charge in [0.25, 0.3) is 0 Å². The van der Waals surface area contributed by atoms with E-state index in [9.17, 15) is 33.1 Å². The Bertz CT molecular complexity index is 1830. The largest absolute Gasteiger partial charge is 0.505 e. The van der Waals surface area contributed by atoms with Gasteiger partial charge in [0.2, 0.25) is 23.6 Å². The van der Waals surface area contributed by atoms with Gasteiger partial charge >= 0.3 is 0 Å². The average molecular weight is 729 g/mol. The fourth-order valence-electron chi connectivity index (χ4n) is 7.84. The van der Waals surface area contributed by atoms with Crippen molar-refractivity contribution in [2.75, 3.05) is 9.80 Å². The number of hydrogen-bond acceptors (Lipinski definition) is 5. The summed E-state index contributed by atoms with van der Waals surface area (Å²) >= 11 is 8.15. The Morgan fingerprint density at radius 3 is 2.30 bits per heavy atom. The number of benzene rings is 3. The second kappa shape index (κ2) is 10.2. The number of carbonyl (C=O) groups is 4. The lowest BCUT2D eigenvalue weighted by Crippen LogP contribution is -2.49. The number of amides is 4. The normalized spacial score (nSPS) is 29.5. The van der Waals surface area contributed by atoms with Crippen LogP contribution in [0.15, 0.2) is 72.3 Å². The molecule has 3 fully saturated rings. The molecule has 0 aromatic heterocycles. The van der Waals surface area contributed by atoms with Crippen molar-refractivity contribution in [1.29, 1.82) is 0 Å². The molecule has 7 rings (SSSR count). The van der Waals surface area contributed by atoms with Crippen molar-refractivity contribution >= 4 is 69.2 Å². The number of anilines is 2. The van der Waals surface area contributed by atoms with Gasteiger partial charge in [0, 0.05) is 15.1 Å². The predicted octanol–water partition coefficient (Wildman–Crippen LogP) is 6.36. The molecule has 11 heteroatoms. The Kier molecular flexibility index (Phi) is 6.74. The molecule has 3 aromatic rings. The van der Waals surface area contributed by atoms with Gasteiger partial charge in [-0.15, -0.1) is 0 Å². The molecule has 2 aliphatic carbocycles. The molecule has 0 radical (unpaired) electrons. The molecule has 1 N–H and O–H groups in total. The molecular weight excluding hydrogens is 705 g/mol. The number of aromatic hydroxyl groups is 1. The van der Waals surface area contributed by atoms with Crippen LogP contribution in [0, 0.1) is 44.3 Å². The molecule has 4 aliphatic rings. The molecule has 6 unspecified atom stereocenters. The topological polar surface area (TPSA) is 95.0 Å². The molecule has 2 saturated heterocycles. The summed E-state index contributed by atoms with van der Waals surface area (Å²) < 4.78 is 29.8. The third kappa shape index (κ3) is 3.95. The number of para-hydroxylation sites is 1. The molecule has 3 aromatic carbocycles. The van der Waals surface area contributed by atoms with Crippen molar-refractivity contribution in [2.45, 2.75) is 25.7 Å². The third-order valence-electron chi connectivity index (χ3n) is 9.85. The lowest BCUT2D eigenvalue weighted by Gasteiger charge is -2.49. The maximum atomic E-state index is 14.8. The highest BCUT2D eigenvalue weighted by atomic mass is 127. The van der Waals surface area contributed by atoms with Crippen molar-refractivity contribution in [1.82, 2.24) is 0 Å². The van der Waals surface area contributed by atoms with Crippen LogP contribution < -0.4 is 9.80 Å². The minimum atomic E-state index is -1.50. The van der Waals surface area contributed by atoms with E-state index in [0.29, 0.717) is 11.3 Å². The Labute approximate surface area is 269 Å². The summed E-state index contributed by atoms with van der Waals surface area (Å²) in [5.74, 6) is -8.32. The number of fused-ring (bicyclic) bond motifs is 4. The van der Waals surface area contributed by atoms with E-state index in [1.165, 1.54) is 29.2 Å². The van der Waals surface area contributed by atoms with Crippen LogP contribution in [0.5, 0.6) is 5.75 Å². The summed E-state index contributed by atoms with van der Waals surface area (Å²) in [6.45, 7) is 1.61. The summed E-state index contributed by atoms with van der Waals surface area (Å²) in [7, 11) is 0. The van der Waals surface area contributed by atoms with E-state index in [1.54, 1.807) is 31.2 Å². The van der Waals surface area contributed by atoms with E-state index in [4.69, 9.17) is 11.6 Å². The number of rotatable bonds is 3. The third-order valence-corrected chi connectivity index (χ3v) is 10.9. The van der Waals surface area contributed by atoms with Crippen LogP contribution in [0.4, 0.5) is 20.2 Å². The van der Waals surface area contributed by atoms with E-state index < -0.39 is 70.1 Å². The highest BCUT2D eigenvalue weighted by molar-refractivity contribution is 14.1. The molecule has 6 atom stereocenters. The zero-order chi connectivity index (χ0) is 31.2. The van der Waals surface area contributed by atoms with Crippen molar-refractivity contribution in [2.24, 2.45) is 29.1 Å². The Balaban J connectivity index is 1.38. The predicted molar refractivity (Wildman–Crippen MR) is 166 cm³/mol. The summed E-state index contributed by atoms with van der Waals surface area (Å²) in [6, 6.07) is 14.6. The van der Waals surface area contributed by atoms with E-state index in [1.807, 2.05) is 6.08 Å². The van der Waals surface area contributed by atoms with Gasteiger partial charge in [-0.25, -0.2) is 13.7 Å². The van der Waals surface area contributed by atoms with Crippen molar-refractivity contribution in [3.05, 3.63) is 98.1 Å². The van der Waals surface area contributed by atoms with Crippen LogP contribution in [0.3, 0.4) is 0 Å². The van der Waals surface area contributed by atoms with Gasteiger partial charge in [-0.2, -0.15) is 0 Å². The highest BCUT2D eigenvalue weighted by Gasteiger charge is 2.68. The van der Waals surface area contributed by atoms with Crippen LogP contribution in [-0.4, -0.2) is 28.7 Å². The second-order valence-corrected chi connectivity index (χ2v) is 13.6. The minimum Gasteiger partial charge on any atom is -0.505 e. The molecule has 44 heavy (non-hydrogen) atoms. The fourth-order valence-corrected chi connectivity index (χ4v) is 8.37. The van der Waals surface area contributed by atoms with Crippen molar-refractivity contribution < 1.29 is 33.1 Å². The zero-order valence-electron chi connectivity index (χ0n) is 23.1. The van der Waals surface area contributed by atoms with Gasteiger partial charge < -0.3 is 5.11 Å². The number of halogens is 4. The maximum Gasteiger partial charge on any atom is 0.241 e. The van der Waals surface area contributed by atoms with Gasteiger partial charge in [-0.1, -0.05) is 35.4 Å². The highest BCUT2D eigenvalue weighted by Crippen LogP contribution is 2.64. The van der Waals surface area contributed by atoms with Crippen LogP contribution in [-0.2, 0) is 19.2 Å². The van der Waals surface area contributed by atoms with Crippen LogP contribution in [0.25, 0.3) is 0 Å². The standard InChI is InChI=1S/C33H24ClF2IN2O5/c1-33-22(30(42)39(32(33)44)17-9-12-24(35)23(34)13-17)14-21-18(27(33)20-3-2-4-25(36)28(20)40)10-11-19-26(21)31(43)38(29(19)41)16-7-5-15(37)6-8-16/h2-10,12-13,19,21-22,26-27,40H,11,14H2,1H3. The molecule has 7 nitrogen and oxygen atoms in total. The summed E-state index contributed by atoms with van der Waals surface area (Å²) in [6.07, 6.45) is 2.10. The second-order valence-electron chi connectivity index (χ2n) is 11.9. The maximum absolute atomic E-state index is 14.8. The lowest BCUT2D eigenvalue weighted by atomic mass is 9.51. The summed E-state index contributed by atoms with van der Waals surface area (Å²) in [4.78, 5) is 58.4. The summed E-state index contributed by atoms with van der Waals surface area (Å²) in [5, 5.41) is 10.7. The molecule has 0 spiro atoms. The molecule has 4 amide bonds. The van der Waals surface area contributed by atoms with Gasteiger partial charge in [-0.05, 0) is 96.8 Å². The smallest absolute Gasteiger partial charge is 0.241 e. The molecule has 0 bridgehead atoms.